The fourth-order valence-corrected chi connectivity index (χ4v) is 3.29. The first kappa shape index (κ1) is 12.9. The van der Waals surface area contributed by atoms with E-state index in [1.807, 2.05) is 25.4 Å². The zero-order valence-electron chi connectivity index (χ0n) is 11.8. The molecular formula is C16H18N2O2. The van der Waals surface area contributed by atoms with Crippen molar-refractivity contribution >= 4 is 17.0 Å². The van der Waals surface area contributed by atoms with Gasteiger partial charge < -0.3 is 9.30 Å². The Morgan fingerprint density at radius 1 is 1.35 bits per heavy atom. The van der Waals surface area contributed by atoms with Gasteiger partial charge in [-0.3, -0.25) is 0 Å². The Bertz CT molecular complexity index is 690. The van der Waals surface area contributed by atoms with Crippen LogP contribution >= 0.6 is 0 Å². The number of isocyanates is 1. The van der Waals surface area contributed by atoms with Gasteiger partial charge in [-0.1, -0.05) is 12.8 Å². The minimum atomic E-state index is -0.409. The summed E-state index contributed by atoms with van der Waals surface area (Å²) >= 11 is 0. The van der Waals surface area contributed by atoms with Crippen LogP contribution in [-0.4, -0.2) is 17.8 Å². The van der Waals surface area contributed by atoms with Crippen LogP contribution in [-0.2, 0) is 17.4 Å². The second-order valence-corrected chi connectivity index (χ2v) is 5.48. The molecule has 4 nitrogen and oxygen atoms in total. The van der Waals surface area contributed by atoms with Crippen LogP contribution in [0.3, 0.4) is 0 Å². The van der Waals surface area contributed by atoms with E-state index in [4.69, 9.17) is 4.74 Å². The van der Waals surface area contributed by atoms with Crippen LogP contribution in [0.5, 0.6) is 5.75 Å². The van der Waals surface area contributed by atoms with Gasteiger partial charge in [0.05, 0.1) is 18.2 Å². The zero-order chi connectivity index (χ0) is 14.2. The molecule has 20 heavy (non-hydrogen) atoms. The summed E-state index contributed by atoms with van der Waals surface area (Å²) in [6.45, 7) is 0. The van der Waals surface area contributed by atoms with Crippen molar-refractivity contribution in [3.8, 4) is 5.75 Å². The summed E-state index contributed by atoms with van der Waals surface area (Å²) in [7, 11) is 3.69. The molecular weight excluding hydrogens is 252 g/mol. The molecule has 0 saturated heterocycles. The SMILES string of the molecule is COc1cc(C2(N=C=O)CCCC2)cc2c1ccn2C. The van der Waals surface area contributed by atoms with Gasteiger partial charge in [0.1, 0.15) is 5.75 Å². The molecule has 0 unspecified atom stereocenters. The average Bonchev–Trinajstić information content (AvgIpc) is 3.07. The standard InChI is InChI=1S/C16H18N2O2/c1-18-8-5-13-14(18)9-12(10-15(13)20-2)16(17-11-19)6-3-4-7-16/h5,8-10H,3-4,6-7H2,1-2H3. The number of fused-ring (bicyclic) bond motifs is 1. The summed E-state index contributed by atoms with van der Waals surface area (Å²) in [6, 6.07) is 6.20. The van der Waals surface area contributed by atoms with Crippen molar-refractivity contribution in [3.63, 3.8) is 0 Å². The van der Waals surface area contributed by atoms with Crippen molar-refractivity contribution in [3.05, 3.63) is 30.0 Å². The Hall–Kier alpha value is -2.06. The molecule has 0 aliphatic heterocycles. The number of methoxy groups -OCH3 is 1. The van der Waals surface area contributed by atoms with E-state index in [0.717, 1.165) is 47.9 Å². The van der Waals surface area contributed by atoms with Crippen LogP contribution in [0, 0.1) is 0 Å². The van der Waals surface area contributed by atoms with Crippen molar-refractivity contribution in [2.24, 2.45) is 12.0 Å². The monoisotopic (exact) mass is 270 g/mol. The van der Waals surface area contributed by atoms with Crippen molar-refractivity contribution in [2.45, 2.75) is 31.2 Å². The number of hydrogen-bond acceptors (Lipinski definition) is 3. The Labute approximate surface area is 118 Å². The largest absolute Gasteiger partial charge is 0.496 e. The van der Waals surface area contributed by atoms with Crippen LogP contribution < -0.4 is 4.74 Å². The molecule has 1 aromatic heterocycles. The molecule has 0 amide bonds. The van der Waals surface area contributed by atoms with Gasteiger partial charge in [-0.15, -0.1) is 0 Å². The predicted octanol–water partition coefficient (Wildman–Crippen LogP) is 3.29. The maximum absolute atomic E-state index is 10.8. The van der Waals surface area contributed by atoms with Crippen molar-refractivity contribution < 1.29 is 9.53 Å². The molecule has 0 spiro atoms. The quantitative estimate of drug-likeness (QED) is 0.634. The smallest absolute Gasteiger partial charge is 0.235 e. The third-order valence-electron chi connectivity index (χ3n) is 4.41. The van der Waals surface area contributed by atoms with E-state index < -0.39 is 5.54 Å². The lowest BCUT2D eigenvalue weighted by Gasteiger charge is -2.23. The summed E-state index contributed by atoms with van der Waals surface area (Å²) in [5, 5.41) is 1.09. The number of rotatable bonds is 3. The second-order valence-electron chi connectivity index (χ2n) is 5.48. The molecule has 3 rings (SSSR count). The Morgan fingerprint density at radius 2 is 2.10 bits per heavy atom. The van der Waals surface area contributed by atoms with Gasteiger partial charge in [-0.25, -0.2) is 4.79 Å². The lowest BCUT2D eigenvalue weighted by atomic mass is 9.88. The Morgan fingerprint density at radius 3 is 2.75 bits per heavy atom. The number of aliphatic imine (C=N–C) groups is 1. The minimum absolute atomic E-state index is 0.409. The van der Waals surface area contributed by atoms with Crippen LogP contribution in [0.25, 0.3) is 10.9 Å². The topological polar surface area (TPSA) is 43.6 Å². The first-order chi connectivity index (χ1) is 9.70. The molecule has 0 atom stereocenters. The third kappa shape index (κ3) is 1.84. The van der Waals surface area contributed by atoms with Gasteiger partial charge in [0, 0.05) is 18.6 Å². The maximum atomic E-state index is 10.8. The van der Waals surface area contributed by atoms with Gasteiger partial charge in [-0.05, 0) is 36.6 Å². The number of aromatic nitrogens is 1. The van der Waals surface area contributed by atoms with E-state index in [1.165, 1.54) is 0 Å². The number of hydrogen-bond donors (Lipinski definition) is 0. The minimum Gasteiger partial charge on any atom is -0.496 e. The van der Waals surface area contributed by atoms with E-state index in [9.17, 15) is 4.79 Å². The summed E-state index contributed by atoms with van der Waals surface area (Å²) in [4.78, 5) is 15.0. The molecule has 2 aromatic rings. The molecule has 1 heterocycles. The van der Waals surface area contributed by atoms with E-state index in [2.05, 4.69) is 15.6 Å². The summed E-state index contributed by atoms with van der Waals surface area (Å²) in [6.07, 6.45) is 7.79. The molecule has 1 aliphatic carbocycles. The van der Waals surface area contributed by atoms with Crippen LogP contribution in [0.2, 0.25) is 0 Å². The lowest BCUT2D eigenvalue weighted by Crippen LogP contribution is -2.19. The highest BCUT2D eigenvalue weighted by Crippen LogP contribution is 2.44. The first-order valence-corrected chi connectivity index (χ1v) is 6.93. The van der Waals surface area contributed by atoms with E-state index in [1.54, 1.807) is 13.2 Å². The van der Waals surface area contributed by atoms with Gasteiger partial charge in [0.2, 0.25) is 6.08 Å². The molecule has 0 N–H and O–H groups in total. The van der Waals surface area contributed by atoms with Gasteiger partial charge in [0.25, 0.3) is 0 Å². The zero-order valence-corrected chi connectivity index (χ0v) is 11.8. The third-order valence-corrected chi connectivity index (χ3v) is 4.41. The normalized spacial score (nSPS) is 17.1. The summed E-state index contributed by atoms with van der Waals surface area (Å²) in [5.74, 6) is 0.838. The number of aryl methyl sites for hydroxylation is 1. The van der Waals surface area contributed by atoms with Crippen molar-refractivity contribution in [1.82, 2.24) is 4.57 Å². The van der Waals surface area contributed by atoms with E-state index >= 15 is 0 Å². The van der Waals surface area contributed by atoms with Crippen molar-refractivity contribution in [1.29, 1.82) is 0 Å². The molecule has 1 fully saturated rings. The number of benzene rings is 1. The lowest BCUT2D eigenvalue weighted by molar-refractivity contribution is 0.413. The molecule has 4 heteroatoms. The summed E-state index contributed by atoms with van der Waals surface area (Å²) in [5.41, 5.74) is 1.75. The molecule has 104 valence electrons. The number of ether oxygens (including phenoxy) is 1. The molecule has 0 bridgehead atoms. The molecule has 1 aromatic carbocycles. The highest BCUT2D eigenvalue weighted by Gasteiger charge is 2.36. The van der Waals surface area contributed by atoms with E-state index in [0.29, 0.717) is 0 Å². The first-order valence-electron chi connectivity index (χ1n) is 6.93. The van der Waals surface area contributed by atoms with Crippen molar-refractivity contribution in [2.75, 3.05) is 7.11 Å². The average molecular weight is 270 g/mol. The van der Waals surface area contributed by atoms with Crippen LogP contribution in [0.1, 0.15) is 31.2 Å². The van der Waals surface area contributed by atoms with Gasteiger partial charge in [-0.2, -0.15) is 4.99 Å². The highest BCUT2D eigenvalue weighted by molar-refractivity contribution is 5.87. The Kier molecular flexibility index (Phi) is 3.11. The van der Waals surface area contributed by atoms with Crippen LogP contribution in [0.15, 0.2) is 29.4 Å². The fraction of sp³-hybridized carbons (Fsp3) is 0.438. The fourth-order valence-electron chi connectivity index (χ4n) is 3.29. The summed E-state index contributed by atoms with van der Waals surface area (Å²) < 4.78 is 7.57. The highest BCUT2D eigenvalue weighted by atomic mass is 16.5. The molecule has 0 radical (unpaired) electrons. The second kappa shape index (κ2) is 4.80. The van der Waals surface area contributed by atoms with Gasteiger partial charge >= 0.3 is 0 Å². The van der Waals surface area contributed by atoms with Gasteiger partial charge in [0.15, 0.2) is 0 Å². The van der Waals surface area contributed by atoms with Crippen LogP contribution in [0.4, 0.5) is 0 Å². The number of nitrogens with zero attached hydrogens (tertiary/aromatic N) is 2. The molecule has 1 aliphatic rings. The predicted molar refractivity (Wildman–Crippen MR) is 77.7 cm³/mol. The van der Waals surface area contributed by atoms with E-state index in [-0.39, 0.29) is 0 Å². The number of carbonyl (C=O) groups excluding carboxylic acids is 1. The maximum Gasteiger partial charge on any atom is 0.235 e. The molecule has 1 saturated carbocycles. The Balaban J connectivity index is 2.25.